The van der Waals surface area contributed by atoms with E-state index in [0.717, 1.165) is 5.56 Å². The predicted molar refractivity (Wildman–Crippen MR) is 72.8 cm³/mol. The molecule has 0 saturated carbocycles. The third-order valence-corrected chi connectivity index (χ3v) is 3.62. The Morgan fingerprint density at radius 1 is 1.24 bits per heavy atom. The number of hydrogen-bond donors (Lipinski definition) is 2. The first-order valence-electron chi connectivity index (χ1n) is 5.22. The van der Waals surface area contributed by atoms with Gasteiger partial charge in [-0.1, -0.05) is 30.3 Å². The van der Waals surface area contributed by atoms with E-state index in [4.69, 9.17) is 0 Å². The summed E-state index contributed by atoms with van der Waals surface area (Å²) in [5.74, 6) is 0.0320. The molecule has 0 spiro atoms. The minimum absolute atomic E-state index is 0. The second-order valence-corrected chi connectivity index (χ2v) is 5.59. The molecule has 0 aliphatic carbocycles. The highest BCUT2D eigenvalue weighted by Gasteiger charge is 2.11. The Labute approximate surface area is 109 Å². The molecule has 1 atom stereocenters. The van der Waals surface area contributed by atoms with Crippen molar-refractivity contribution in [1.29, 1.82) is 0 Å². The molecule has 6 heteroatoms. The summed E-state index contributed by atoms with van der Waals surface area (Å²) in [4.78, 5) is 0. The molecule has 1 rings (SSSR count). The van der Waals surface area contributed by atoms with Crippen LogP contribution in [0.5, 0.6) is 0 Å². The first-order chi connectivity index (χ1) is 7.53. The molecule has 98 valence electrons. The number of halogens is 1. The fourth-order valence-corrected chi connectivity index (χ4v) is 2.44. The highest BCUT2D eigenvalue weighted by atomic mass is 35.5. The fourth-order valence-electron chi connectivity index (χ4n) is 1.20. The zero-order chi connectivity index (χ0) is 12.0. The molecule has 1 unspecified atom stereocenters. The van der Waals surface area contributed by atoms with Crippen LogP contribution >= 0.6 is 12.4 Å². The molecule has 4 nitrogen and oxygen atoms in total. The Morgan fingerprint density at radius 2 is 1.82 bits per heavy atom. The summed E-state index contributed by atoms with van der Waals surface area (Å²) in [6.07, 6.45) is 0. The normalized spacial score (nSPS) is 12.8. The molecule has 0 aromatic heterocycles. The van der Waals surface area contributed by atoms with Gasteiger partial charge in [0, 0.05) is 12.6 Å². The van der Waals surface area contributed by atoms with E-state index in [1.54, 1.807) is 19.2 Å². The Bertz CT molecular complexity index is 409. The molecule has 0 fully saturated rings. The van der Waals surface area contributed by atoms with Crippen LogP contribution in [0.4, 0.5) is 0 Å². The summed E-state index contributed by atoms with van der Waals surface area (Å²) in [6, 6.07) is 9.28. The van der Waals surface area contributed by atoms with Gasteiger partial charge in [0.15, 0.2) is 0 Å². The van der Waals surface area contributed by atoms with Gasteiger partial charge in [-0.25, -0.2) is 13.1 Å². The largest absolute Gasteiger partial charge is 0.316 e. The van der Waals surface area contributed by atoms with Gasteiger partial charge in [0.05, 0.1) is 5.75 Å². The van der Waals surface area contributed by atoms with Crippen molar-refractivity contribution in [2.24, 2.45) is 0 Å². The van der Waals surface area contributed by atoms with Crippen LogP contribution in [0.15, 0.2) is 30.3 Å². The first kappa shape index (κ1) is 16.4. The van der Waals surface area contributed by atoms with Crippen LogP contribution < -0.4 is 10.0 Å². The van der Waals surface area contributed by atoms with Crippen LogP contribution in [0.3, 0.4) is 0 Å². The maximum Gasteiger partial charge on any atom is 0.215 e. The van der Waals surface area contributed by atoms with Gasteiger partial charge in [-0.15, -0.1) is 12.4 Å². The number of sulfonamides is 1. The second kappa shape index (κ2) is 7.66. The fraction of sp³-hybridized carbons (Fsp3) is 0.455. The van der Waals surface area contributed by atoms with E-state index in [9.17, 15) is 8.42 Å². The average molecular weight is 279 g/mol. The van der Waals surface area contributed by atoms with Crippen molar-refractivity contribution in [3.05, 3.63) is 35.9 Å². The summed E-state index contributed by atoms with van der Waals surface area (Å²) >= 11 is 0. The highest BCUT2D eigenvalue weighted by molar-refractivity contribution is 7.88. The molecular weight excluding hydrogens is 260 g/mol. The molecule has 1 aromatic rings. The van der Waals surface area contributed by atoms with Crippen molar-refractivity contribution in [2.75, 3.05) is 13.6 Å². The smallest absolute Gasteiger partial charge is 0.215 e. The summed E-state index contributed by atoms with van der Waals surface area (Å²) < 4.78 is 25.9. The molecule has 0 heterocycles. The average Bonchev–Trinajstić information content (AvgIpc) is 2.27. The van der Waals surface area contributed by atoms with Crippen LogP contribution in [-0.2, 0) is 15.8 Å². The van der Waals surface area contributed by atoms with Crippen LogP contribution in [0.2, 0.25) is 0 Å². The van der Waals surface area contributed by atoms with Crippen LogP contribution in [0.25, 0.3) is 0 Å². The van der Waals surface area contributed by atoms with Gasteiger partial charge in [-0.05, 0) is 19.5 Å². The first-order valence-corrected chi connectivity index (χ1v) is 6.87. The van der Waals surface area contributed by atoms with E-state index in [-0.39, 0.29) is 24.2 Å². The third-order valence-electron chi connectivity index (χ3n) is 2.30. The number of nitrogens with one attached hydrogen (secondary N) is 2. The maximum atomic E-state index is 11.7. The quantitative estimate of drug-likeness (QED) is 0.820. The third kappa shape index (κ3) is 6.63. The van der Waals surface area contributed by atoms with E-state index in [1.165, 1.54) is 0 Å². The van der Waals surface area contributed by atoms with Crippen molar-refractivity contribution in [3.8, 4) is 0 Å². The van der Waals surface area contributed by atoms with Crippen molar-refractivity contribution in [2.45, 2.75) is 18.7 Å². The van der Waals surface area contributed by atoms with E-state index in [2.05, 4.69) is 10.0 Å². The lowest BCUT2D eigenvalue weighted by atomic mass is 10.2. The molecule has 0 aliphatic rings. The van der Waals surface area contributed by atoms with Crippen molar-refractivity contribution < 1.29 is 8.42 Å². The van der Waals surface area contributed by atoms with Crippen molar-refractivity contribution in [3.63, 3.8) is 0 Å². The standard InChI is InChI=1S/C11H18N2O2S.ClH/c1-10(12-2)8-13-16(14,15)9-11-6-4-3-5-7-11;/h3-7,10,12-13H,8-9H2,1-2H3;1H. The molecule has 17 heavy (non-hydrogen) atoms. The van der Waals surface area contributed by atoms with Crippen molar-refractivity contribution in [1.82, 2.24) is 10.0 Å². The summed E-state index contributed by atoms with van der Waals surface area (Å²) in [7, 11) is -1.43. The van der Waals surface area contributed by atoms with Crippen LogP contribution in [0, 0.1) is 0 Å². The number of benzene rings is 1. The van der Waals surface area contributed by atoms with Gasteiger partial charge in [-0.3, -0.25) is 0 Å². The zero-order valence-electron chi connectivity index (χ0n) is 10.0. The van der Waals surface area contributed by atoms with Crippen molar-refractivity contribution >= 4 is 22.4 Å². The molecule has 0 aliphatic heterocycles. The van der Waals surface area contributed by atoms with Crippen LogP contribution in [-0.4, -0.2) is 28.1 Å². The highest BCUT2D eigenvalue weighted by Crippen LogP contribution is 2.03. The Kier molecular flexibility index (Phi) is 7.38. The van der Waals surface area contributed by atoms with E-state index >= 15 is 0 Å². The Morgan fingerprint density at radius 3 is 2.35 bits per heavy atom. The molecule has 0 saturated heterocycles. The molecule has 0 bridgehead atoms. The lowest BCUT2D eigenvalue weighted by Crippen LogP contribution is -2.37. The number of rotatable bonds is 6. The Balaban J connectivity index is 0.00000256. The summed E-state index contributed by atoms with van der Waals surface area (Å²) in [5.41, 5.74) is 0.798. The molecule has 0 radical (unpaired) electrons. The van der Waals surface area contributed by atoms with E-state index in [0.29, 0.717) is 6.54 Å². The Hall–Kier alpha value is -0.620. The van der Waals surface area contributed by atoms with Gasteiger partial charge >= 0.3 is 0 Å². The molecule has 1 aromatic carbocycles. The molecular formula is C11H19ClN2O2S. The van der Waals surface area contributed by atoms with Gasteiger partial charge < -0.3 is 5.32 Å². The summed E-state index contributed by atoms with van der Waals surface area (Å²) in [6.45, 7) is 2.33. The summed E-state index contributed by atoms with van der Waals surface area (Å²) in [5, 5.41) is 2.97. The number of likely N-dealkylation sites (N-methyl/N-ethyl adjacent to an activating group) is 1. The van der Waals surface area contributed by atoms with E-state index in [1.807, 2.05) is 25.1 Å². The van der Waals surface area contributed by atoms with Gasteiger partial charge in [0.2, 0.25) is 10.0 Å². The minimum Gasteiger partial charge on any atom is -0.316 e. The lowest BCUT2D eigenvalue weighted by Gasteiger charge is -2.11. The molecule has 0 amide bonds. The SMILES string of the molecule is CNC(C)CNS(=O)(=O)Cc1ccccc1.Cl. The maximum absolute atomic E-state index is 11.7. The van der Waals surface area contributed by atoms with Crippen LogP contribution in [0.1, 0.15) is 12.5 Å². The topological polar surface area (TPSA) is 58.2 Å². The predicted octanol–water partition coefficient (Wildman–Crippen LogP) is 1.14. The number of hydrogen-bond acceptors (Lipinski definition) is 3. The monoisotopic (exact) mass is 278 g/mol. The lowest BCUT2D eigenvalue weighted by molar-refractivity contribution is 0.553. The van der Waals surface area contributed by atoms with Gasteiger partial charge in [0.25, 0.3) is 0 Å². The van der Waals surface area contributed by atoms with Gasteiger partial charge in [0.1, 0.15) is 0 Å². The minimum atomic E-state index is -3.23. The second-order valence-electron chi connectivity index (χ2n) is 3.78. The van der Waals surface area contributed by atoms with Gasteiger partial charge in [-0.2, -0.15) is 0 Å². The molecule has 2 N–H and O–H groups in total. The van der Waals surface area contributed by atoms with E-state index < -0.39 is 10.0 Å². The zero-order valence-corrected chi connectivity index (χ0v) is 11.6.